The molecule has 0 bridgehead atoms. The van der Waals surface area contributed by atoms with Crippen LogP contribution in [0.2, 0.25) is 0 Å². The van der Waals surface area contributed by atoms with Crippen molar-refractivity contribution in [3.63, 3.8) is 0 Å². The molecule has 2 aliphatic carbocycles. The lowest BCUT2D eigenvalue weighted by Crippen LogP contribution is -2.50. The van der Waals surface area contributed by atoms with Crippen LogP contribution in [0.15, 0.2) is 35.5 Å². The van der Waals surface area contributed by atoms with Gasteiger partial charge in [0.05, 0.1) is 12.8 Å². The predicted molar refractivity (Wildman–Crippen MR) is 138 cm³/mol. The Labute approximate surface area is 224 Å². The summed E-state index contributed by atoms with van der Waals surface area (Å²) in [6.45, 7) is 3.87. The lowest BCUT2D eigenvalue weighted by Gasteiger charge is -2.27. The zero-order valence-electron chi connectivity index (χ0n) is 22.1. The minimum atomic E-state index is -0.910. The van der Waals surface area contributed by atoms with Gasteiger partial charge in [-0.1, -0.05) is 0 Å². The third-order valence-corrected chi connectivity index (χ3v) is 7.38. The van der Waals surface area contributed by atoms with E-state index in [0.717, 1.165) is 25.7 Å². The van der Waals surface area contributed by atoms with E-state index in [-0.39, 0.29) is 29.8 Å². The number of H-pyrrole nitrogens is 1. The highest BCUT2D eigenvalue weighted by atomic mass is 19.1. The van der Waals surface area contributed by atoms with Crippen molar-refractivity contribution in [2.45, 2.75) is 57.7 Å². The van der Waals surface area contributed by atoms with Crippen molar-refractivity contribution >= 4 is 17.5 Å². The fourth-order valence-electron chi connectivity index (χ4n) is 5.26. The van der Waals surface area contributed by atoms with Crippen LogP contribution in [0, 0.1) is 23.7 Å². The van der Waals surface area contributed by atoms with Gasteiger partial charge in [-0.15, -0.1) is 5.10 Å². The molecular formula is C26H33FN8O4. The van der Waals surface area contributed by atoms with Crippen molar-refractivity contribution < 1.29 is 18.7 Å². The maximum absolute atomic E-state index is 15.0. The van der Waals surface area contributed by atoms with E-state index in [2.05, 4.69) is 31.0 Å². The fourth-order valence-corrected chi connectivity index (χ4v) is 5.26. The predicted octanol–water partition coefficient (Wildman–Crippen LogP) is 2.29. The van der Waals surface area contributed by atoms with Gasteiger partial charge in [-0.05, 0) is 69.4 Å². The molecule has 2 saturated carbocycles. The number of halogens is 1. The monoisotopic (exact) mass is 540 g/mol. The Morgan fingerprint density at radius 1 is 1.18 bits per heavy atom. The van der Waals surface area contributed by atoms with E-state index in [0.29, 0.717) is 17.5 Å². The molecule has 3 aromatic heterocycles. The molecule has 0 aromatic carbocycles. The molecule has 0 aliphatic heterocycles. The summed E-state index contributed by atoms with van der Waals surface area (Å²) >= 11 is 0. The van der Waals surface area contributed by atoms with Crippen molar-refractivity contribution in [3.05, 3.63) is 58.3 Å². The number of nitrogens with zero attached hydrogens (tertiary/aromatic N) is 5. The maximum Gasteiger partial charge on any atom is 0.270 e. The van der Waals surface area contributed by atoms with E-state index in [1.165, 1.54) is 30.3 Å². The molecule has 13 heteroatoms. The maximum atomic E-state index is 15.0. The number of hydrogen-bond donors (Lipinski definition) is 3. The summed E-state index contributed by atoms with van der Waals surface area (Å²) < 4.78 is 23.1. The topological polar surface area (TPSA) is 149 Å². The van der Waals surface area contributed by atoms with Gasteiger partial charge in [0.2, 0.25) is 5.91 Å². The van der Waals surface area contributed by atoms with E-state index >= 15 is 4.39 Å². The van der Waals surface area contributed by atoms with E-state index < -0.39 is 35.4 Å². The lowest BCUT2D eigenvalue weighted by molar-refractivity contribution is -0.119. The second-order valence-corrected chi connectivity index (χ2v) is 10.6. The molecule has 0 saturated heterocycles. The molecule has 1 unspecified atom stereocenters. The van der Waals surface area contributed by atoms with Crippen LogP contribution >= 0.6 is 0 Å². The van der Waals surface area contributed by atoms with Gasteiger partial charge in [0.25, 0.3) is 17.4 Å². The van der Waals surface area contributed by atoms with Gasteiger partial charge in [0, 0.05) is 31.1 Å². The molecule has 12 nitrogen and oxygen atoms in total. The Hall–Kier alpha value is -3.87. The SMILES string of the molecule is COCC(c1ccn[nH]c1=O)n1cc(NC(=O)[C@@H](NC(=O)c2ccnn2C(C)C)C(C2CC2)C2CC2)c(F)n1. The highest BCUT2D eigenvalue weighted by molar-refractivity contribution is 6.00. The number of hydrogen-bond acceptors (Lipinski definition) is 7. The first-order valence-corrected chi connectivity index (χ1v) is 13.2. The smallest absolute Gasteiger partial charge is 0.270 e. The summed E-state index contributed by atoms with van der Waals surface area (Å²) in [4.78, 5) is 39.3. The molecule has 2 amide bonds. The molecule has 5 rings (SSSR count). The zero-order valence-corrected chi connectivity index (χ0v) is 22.1. The lowest BCUT2D eigenvalue weighted by atomic mass is 9.88. The average Bonchev–Trinajstić information content (AvgIpc) is 3.84. The standard InChI is InChI=1S/C26H33FN8O4/c1-14(2)35-19(9-11-29-35)25(37)31-22(21(15-4-5-15)16-6-7-16)26(38)30-18-12-34(33-23(18)27)20(13-39-3)17-8-10-28-32-24(17)36/h8-12,14-16,20-22H,4-7,13H2,1-3H3,(H,30,38)(H,31,37)(H,32,36)/t20?,22-/m0/s1. The summed E-state index contributed by atoms with van der Waals surface area (Å²) in [5, 5.41) is 19.8. The molecule has 39 heavy (non-hydrogen) atoms. The van der Waals surface area contributed by atoms with Gasteiger partial charge in [-0.25, -0.2) is 5.10 Å². The van der Waals surface area contributed by atoms with Gasteiger partial charge in [-0.3, -0.25) is 23.7 Å². The number of anilines is 1. The number of ether oxygens (including phenoxy) is 1. The van der Waals surface area contributed by atoms with Crippen LogP contribution < -0.4 is 16.2 Å². The van der Waals surface area contributed by atoms with Crippen molar-refractivity contribution in [2.75, 3.05) is 19.0 Å². The molecule has 3 aromatic rings. The molecule has 3 heterocycles. The number of nitrogens with one attached hydrogen (secondary N) is 3. The normalized spacial score (nSPS) is 16.9. The van der Waals surface area contributed by atoms with Gasteiger partial charge in [-0.2, -0.15) is 14.6 Å². The number of amides is 2. The van der Waals surface area contributed by atoms with Gasteiger partial charge < -0.3 is 15.4 Å². The van der Waals surface area contributed by atoms with Crippen LogP contribution in [0.4, 0.5) is 10.1 Å². The Morgan fingerprint density at radius 3 is 2.51 bits per heavy atom. The molecule has 0 radical (unpaired) electrons. The third-order valence-electron chi connectivity index (χ3n) is 7.38. The summed E-state index contributed by atoms with van der Waals surface area (Å²) in [7, 11) is 1.46. The summed E-state index contributed by atoms with van der Waals surface area (Å²) in [6.07, 6.45) is 8.28. The summed E-state index contributed by atoms with van der Waals surface area (Å²) in [6, 6.07) is 1.48. The molecule has 2 fully saturated rings. The molecule has 208 valence electrons. The summed E-state index contributed by atoms with van der Waals surface area (Å²) in [5.41, 5.74) is 0.0309. The van der Waals surface area contributed by atoms with Gasteiger partial charge in [0.15, 0.2) is 0 Å². The number of aromatic nitrogens is 6. The van der Waals surface area contributed by atoms with Crippen LogP contribution in [0.3, 0.4) is 0 Å². The Bertz CT molecular complexity index is 1380. The van der Waals surface area contributed by atoms with E-state index in [4.69, 9.17) is 4.74 Å². The second kappa shape index (κ2) is 11.1. The quantitative estimate of drug-likeness (QED) is 0.319. The summed E-state index contributed by atoms with van der Waals surface area (Å²) in [5.74, 6) is -1.19. The zero-order chi connectivity index (χ0) is 27.7. The Kier molecular flexibility index (Phi) is 7.60. The average molecular weight is 541 g/mol. The van der Waals surface area contributed by atoms with Crippen molar-refractivity contribution in [3.8, 4) is 0 Å². The molecule has 2 aliphatic rings. The first-order valence-electron chi connectivity index (χ1n) is 13.2. The van der Waals surface area contributed by atoms with Gasteiger partial charge in [0.1, 0.15) is 23.5 Å². The van der Waals surface area contributed by atoms with Gasteiger partial charge >= 0.3 is 0 Å². The first-order chi connectivity index (χ1) is 18.8. The molecule has 2 atom stereocenters. The Morgan fingerprint density at radius 2 is 1.90 bits per heavy atom. The minimum absolute atomic E-state index is 0.0370. The molecular weight excluding hydrogens is 507 g/mol. The first kappa shape index (κ1) is 26.7. The highest BCUT2D eigenvalue weighted by Gasteiger charge is 2.48. The fraction of sp³-hybridized carbons (Fsp3) is 0.538. The third kappa shape index (κ3) is 5.77. The number of carbonyl (C=O) groups is 2. The second-order valence-electron chi connectivity index (χ2n) is 10.6. The van der Waals surface area contributed by atoms with E-state index in [9.17, 15) is 14.4 Å². The van der Waals surface area contributed by atoms with Crippen LogP contribution in [0.5, 0.6) is 0 Å². The minimum Gasteiger partial charge on any atom is -0.382 e. The van der Waals surface area contributed by atoms with Crippen LogP contribution in [0.25, 0.3) is 0 Å². The largest absolute Gasteiger partial charge is 0.382 e. The van der Waals surface area contributed by atoms with E-state index in [1.54, 1.807) is 16.9 Å². The van der Waals surface area contributed by atoms with Crippen molar-refractivity contribution in [2.24, 2.45) is 17.8 Å². The van der Waals surface area contributed by atoms with Crippen LogP contribution in [0.1, 0.15) is 67.7 Å². The number of methoxy groups -OCH3 is 1. The van der Waals surface area contributed by atoms with Crippen molar-refractivity contribution in [1.29, 1.82) is 0 Å². The number of rotatable bonds is 12. The highest BCUT2D eigenvalue weighted by Crippen LogP contribution is 2.51. The number of aromatic amines is 1. The van der Waals surface area contributed by atoms with Crippen molar-refractivity contribution in [1.82, 2.24) is 35.1 Å². The number of carbonyl (C=O) groups excluding carboxylic acids is 2. The van der Waals surface area contributed by atoms with E-state index in [1.807, 2.05) is 13.8 Å². The molecule has 3 N–H and O–H groups in total. The Balaban J connectivity index is 1.40. The van der Waals surface area contributed by atoms with Crippen LogP contribution in [-0.4, -0.2) is 61.3 Å². The van der Waals surface area contributed by atoms with Crippen LogP contribution in [-0.2, 0) is 9.53 Å². The molecule has 0 spiro atoms.